The lowest BCUT2D eigenvalue weighted by atomic mass is 9.75. The third-order valence-corrected chi connectivity index (χ3v) is 4.09. The Morgan fingerprint density at radius 1 is 1.25 bits per heavy atom. The van der Waals surface area contributed by atoms with Crippen LogP contribution in [-0.2, 0) is 11.2 Å². The molecular weight excluding hydrogens is 310 g/mol. The number of nitrogens with one attached hydrogen (secondary N) is 2. The maximum Gasteiger partial charge on any atom is 0.261 e. The number of fused-ring (bicyclic) bond motifs is 1. The number of nitrogens with zero attached hydrogens (tertiary/aromatic N) is 1. The Balaban J connectivity index is 2.16. The number of rotatable bonds is 4. The smallest absolute Gasteiger partial charge is 0.261 e. The predicted octanol–water partition coefficient (Wildman–Crippen LogP) is 0.738. The van der Waals surface area contributed by atoms with E-state index in [4.69, 9.17) is 0 Å². The van der Waals surface area contributed by atoms with Crippen LogP contribution in [-0.4, -0.2) is 48.1 Å². The molecule has 1 heterocycles. The minimum absolute atomic E-state index is 0.0747. The molecule has 0 aliphatic heterocycles. The van der Waals surface area contributed by atoms with Gasteiger partial charge in [-0.1, -0.05) is 13.8 Å². The Hall–Kier alpha value is -2.44. The zero-order valence-corrected chi connectivity index (χ0v) is 14.5. The molecule has 0 spiro atoms. The van der Waals surface area contributed by atoms with Crippen molar-refractivity contribution in [2.24, 2.45) is 5.41 Å². The predicted molar refractivity (Wildman–Crippen MR) is 89.1 cm³/mol. The number of aromatic amines is 1. The quantitative estimate of drug-likeness (QED) is 0.849. The van der Waals surface area contributed by atoms with Crippen molar-refractivity contribution in [3.8, 4) is 0 Å². The molecule has 0 saturated carbocycles. The van der Waals surface area contributed by atoms with Gasteiger partial charge in [0.05, 0.1) is 0 Å². The number of Topliss-reactive ketones (excluding diaryl/α,β-unsaturated/α-hetero) is 1. The number of carbonyl (C=O) groups is 3. The van der Waals surface area contributed by atoms with Crippen LogP contribution in [0.2, 0.25) is 0 Å². The first-order chi connectivity index (χ1) is 11.1. The van der Waals surface area contributed by atoms with E-state index in [0.717, 1.165) is 0 Å². The molecule has 7 heteroatoms. The Kier molecular flexibility index (Phi) is 4.91. The number of pyridine rings is 1. The normalized spacial score (nSPS) is 15.6. The Bertz CT molecular complexity index is 747. The first kappa shape index (κ1) is 17.9. The van der Waals surface area contributed by atoms with E-state index < -0.39 is 11.5 Å². The number of hydrogen-bond acceptors (Lipinski definition) is 4. The molecule has 0 atom stereocenters. The largest absolute Gasteiger partial charge is 0.351 e. The highest BCUT2D eigenvalue weighted by Crippen LogP contribution is 2.33. The zero-order valence-electron chi connectivity index (χ0n) is 14.5. The second-order valence-electron chi connectivity index (χ2n) is 7.14. The van der Waals surface area contributed by atoms with Gasteiger partial charge in [0.15, 0.2) is 5.78 Å². The molecule has 2 amide bonds. The van der Waals surface area contributed by atoms with Gasteiger partial charge < -0.3 is 15.2 Å². The van der Waals surface area contributed by atoms with Crippen LogP contribution in [0.1, 0.15) is 53.1 Å². The zero-order chi connectivity index (χ0) is 18.1. The standard InChI is InChI=1S/C17H23N3O4/c1-17(2)8-12-10(13(21)9-17)7-11(16(24)19-12)15(23)18-6-5-14(22)20(3)4/h7H,5-6,8-9H2,1-4H3,(H,18,23)(H,19,24). The third kappa shape index (κ3) is 3.90. The maximum absolute atomic E-state index is 12.3. The lowest BCUT2D eigenvalue weighted by Crippen LogP contribution is -2.36. The summed E-state index contributed by atoms with van der Waals surface area (Å²) in [6.07, 6.45) is 1.11. The summed E-state index contributed by atoms with van der Waals surface area (Å²) in [5.41, 5.74) is 0.169. The van der Waals surface area contributed by atoms with Gasteiger partial charge in [-0.2, -0.15) is 0 Å². The number of ketones is 1. The summed E-state index contributed by atoms with van der Waals surface area (Å²) in [5.74, 6) is -0.773. The van der Waals surface area contributed by atoms with Crippen LogP contribution in [0.3, 0.4) is 0 Å². The highest BCUT2D eigenvalue weighted by molar-refractivity contribution is 6.02. The SMILES string of the molecule is CN(C)C(=O)CCNC(=O)c1cc2c([nH]c1=O)CC(C)(C)CC2=O. The maximum atomic E-state index is 12.3. The summed E-state index contributed by atoms with van der Waals surface area (Å²) in [4.78, 5) is 52.2. The Morgan fingerprint density at radius 3 is 2.54 bits per heavy atom. The van der Waals surface area contributed by atoms with Crippen LogP contribution >= 0.6 is 0 Å². The number of amides is 2. The van der Waals surface area contributed by atoms with E-state index in [1.165, 1.54) is 11.0 Å². The van der Waals surface area contributed by atoms with E-state index in [9.17, 15) is 19.2 Å². The summed E-state index contributed by atoms with van der Waals surface area (Å²) in [6.45, 7) is 4.07. The average molecular weight is 333 g/mol. The molecule has 7 nitrogen and oxygen atoms in total. The van der Waals surface area contributed by atoms with Gasteiger partial charge in [0.2, 0.25) is 5.91 Å². The fourth-order valence-electron chi connectivity index (χ4n) is 2.80. The summed E-state index contributed by atoms with van der Waals surface area (Å²) >= 11 is 0. The van der Waals surface area contributed by atoms with E-state index in [1.807, 2.05) is 13.8 Å². The Labute approximate surface area is 140 Å². The first-order valence-corrected chi connectivity index (χ1v) is 7.88. The van der Waals surface area contributed by atoms with Gasteiger partial charge in [-0.3, -0.25) is 19.2 Å². The minimum atomic E-state index is -0.580. The van der Waals surface area contributed by atoms with Crippen molar-refractivity contribution in [2.75, 3.05) is 20.6 Å². The fraction of sp³-hybridized carbons (Fsp3) is 0.529. The molecule has 1 aliphatic carbocycles. The van der Waals surface area contributed by atoms with Gasteiger partial charge in [-0.15, -0.1) is 0 Å². The van der Waals surface area contributed by atoms with E-state index >= 15 is 0 Å². The van der Waals surface area contributed by atoms with Gasteiger partial charge in [0.25, 0.3) is 11.5 Å². The van der Waals surface area contributed by atoms with Gasteiger partial charge >= 0.3 is 0 Å². The second kappa shape index (κ2) is 6.59. The summed E-state index contributed by atoms with van der Waals surface area (Å²) in [6, 6.07) is 1.37. The number of carbonyl (C=O) groups excluding carboxylic acids is 3. The molecule has 0 unspecified atom stereocenters. The summed E-state index contributed by atoms with van der Waals surface area (Å²) in [5, 5.41) is 2.55. The minimum Gasteiger partial charge on any atom is -0.351 e. The fourth-order valence-corrected chi connectivity index (χ4v) is 2.80. The molecular formula is C17H23N3O4. The molecule has 1 aromatic heterocycles. The molecule has 2 N–H and O–H groups in total. The monoisotopic (exact) mass is 333 g/mol. The summed E-state index contributed by atoms with van der Waals surface area (Å²) < 4.78 is 0. The van der Waals surface area contributed by atoms with Crippen molar-refractivity contribution in [3.05, 3.63) is 33.2 Å². The lowest BCUT2D eigenvalue weighted by Gasteiger charge is -2.29. The topological polar surface area (TPSA) is 99.3 Å². The highest BCUT2D eigenvalue weighted by Gasteiger charge is 2.32. The molecule has 0 aromatic carbocycles. The van der Waals surface area contributed by atoms with Gasteiger partial charge in [-0.25, -0.2) is 0 Å². The highest BCUT2D eigenvalue weighted by atomic mass is 16.2. The molecule has 1 aromatic rings. The number of H-pyrrole nitrogens is 1. The second-order valence-corrected chi connectivity index (χ2v) is 7.14. The van der Waals surface area contributed by atoms with Crippen LogP contribution in [0, 0.1) is 5.41 Å². The van der Waals surface area contributed by atoms with Crippen LogP contribution in [0.25, 0.3) is 0 Å². The van der Waals surface area contributed by atoms with Gasteiger partial charge in [0, 0.05) is 44.7 Å². The van der Waals surface area contributed by atoms with Crippen molar-refractivity contribution in [1.29, 1.82) is 0 Å². The molecule has 0 bridgehead atoms. The third-order valence-electron chi connectivity index (χ3n) is 4.09. The molecule has 0 fully saturated rings. The van der Waals surface area contributed by atoms with Crippen molar-refractivity contribution in [3.63, 3.8) is 0 Å². The van der Waals surface area contributed by atoms with E-state index in [-0.39, 0.29) is 35.6 Å². The van der Waals surface area contributed by atoms with Crippen molar-refractivity contribution in [2.45, 2.75) is 33.1 Å². The lowest BCUT2D eigenvalue weighted by molar-refractivity contribution is -0.128. The molecule has 0 saturated heterocycles. The molecule has 24 heavy (non-hydrogen) atoms. The first-order valence-electron chi connectivity index (χ1n) is 7.88. The van der Waals surface area contributed by atoms with E-state index in [0.29, 0.717) is 24.1 Å². The molecule has 2 rings (SSSR count). The van der Waals surface area contributed by atoms with Gasteiger partial charge in [0.1, 0.15) is 5.56 Å². The van der Waals surface area contributed by atoms with Crippen LogP contribution in [0.5, 0.6) is 0 Å². The molecule has 0 radical (unpaired) electrons. The number of aromatic nitrogens is 1. The van der Waals surface area contributed by atoms with Crippen LogP contribution in [0.4, 0.5) is 0 Å². The van der Waals surface area contributed by atoms with Crippen molar-refractivity contribution >= 4 is 17.6 Å². The Morgan fingerprint density at radius 2 is 1.92 bits per heavy atom. The number of hydrogen-bond donors (Lipinski definition) is 2. The average Bonchev–Trinajstić information content (AvgIpc) is 2.44. The van der Waals surface area contributed by atoms with Crippen LogP contribution in [0.15, 0.2) is 10.9 Å². The summed E-state index contributed by atoms with van der Waals surface area (Å²) in [7, 11) is 3.26. The van der Waals surface area contributed by atoms with Gasteiger partial charge in [-0.05, 0) is 17.9 Å². The van der Waals surface area contributed by atoms with E-state index in [1.54, 1.807) is 14.1 Å². The molecule has 1 aliphatic rings. The van der Waals surface area contributed by atoms with Crippen molar-refractivity contribution in [1.82, 2.24) is 15.2 Å². The van der Waals surface area contributed by atoms with Crippen LogP contribution < -0.4 is 10.9 Å². The molecule has 130 valence electrons. The van der Waals surface area contributed by atoms with E-state index in [2.05, 4.69) is 10.3 Å². The van der Waals surface area contributed by atoms with Crippen molar-refractivity contribution < 1.29 is 14.4 Å².